The van der Waals surface area contributed by atoms with E-state index in [2.05, 4.69) is 18.7 Å². The largest absolute Gasteiger partial charge is 0.480 e. The average Bonchev–Trinajstić information content (AvgIpc) is 2.45. The van der Waals surface area contributed by atoms with Gasteiger partial charge in [-0.05, 0) is 36.8 Å². The number of hydrogen-bond acceptors (Lipinski definition) is 2. The van der Waals surface area contributed by atoms with Crippen LogP contribution in [0, 0.1) is 11.8 Å². The van der Waals surface area contributed by atoms with E-state index in [-0.39, 0.29) is 6.54 Å². The van der Waals surface area contributed by atoms with E-state index in [9.17, 15) is 9.90 Å². The summed E-state index contributed by atoms with van der Waals surface area (Å²) in [6.45, 7) is 4.61. The van der Waals surface area contributed by atoms with Gasteiger partial charge in [0.1, 0.15) is 6.54 Å². The minimum Gasteiger partial charge on any atom is -0.480 e. The van der Waals surface area contributed by atoms with Gasteiger partial charge in [-0.1, -0.05) is 44.9 Å². The summed E-state index contributed by atoms with van der Waals surface area (Å²) in [5.41, 5.74) is 1.03. The maximum Gasteiger partial charge on any atom is 0.323 e. The van der Waals surface area contributed by atoms with Crippen molar-refractivity contribution in [2.45, 2.75) is 45.6 Å². The van der Waals surface area contributed by atoms with Gasteiger partial charge in [-0.15, -0.1) is 0 Å². The summed E-state index contributed by atoms with van der Waals surface area (Å²) in [7, 11) is 0. The molecule has 0 spiro atoms. The van der Waals surface area contributed by atoms with Crippen molar-refractivity contribution in [1.82, 2.24) is 0 Å². The molecule has 2 rings (SSSR count). The first-order valence-corrected chi connectivity index (χ1v) is 7.63. The van der Waals surface area contributed by atoms with Gasteiger partial charge in [-0.3, -0.25) is 4.79 Å². The van der Waals surface area contributed by atoms with Gasteiger partial charge >= 0.3 is 5.97 Å². The summed E-state index contributed by atoms with van der Waals surface area (Å²) < 4.78 is 0. The van der Waals surface area contributed by atoms with E-state index in [1.807, 2.05) is 30.3 Å². The quantitative estimate of drug-likeness (QED) is 0.888. The SMILES string of the molecule is CC(C)C1CCCCC1N(CC(=O)O)c1ccccc1. The van der Waals surface area contributed by atoms with E-state index in [4.69, 9.17) is 0 Å². The molecule has 0 aromatic heterocycles. The van der Waals surface area contributed by atoms with Crippen LogP contribution in [0.5, 0.6) is 0 Å². The molecule has 20 heavy (non-hydrogen) atoms. The molecule has 110 valence electrons. The zero-order chi connectivity index (χ0) is 14.5. The lowest BCUT2D eigenvalue weighted by molar-refractivity contribution is -0.135. The Labute approximate surface area is 121 Å². The second kappa shape index (κ2) is 6.78. The monoisotopic (exact) mass is 275 g/mol. The van der Waals surface area contributed by atoms with Gasteiger partial charge in [0.2, 0.25) is 0 Å². The molecule has 1 aliphatic rings. The molecule has 2 unspecified atom stereocenters. The van der Waals surface area contributed by atoms with Gasteiger partial charge < -0.3 is 10.0 Å². The molecule has 1 N–H and O–H groups in total. The Bertz CT molecular complexity index is 430. The van der Waals surface area contributed by atoms with E-state index in [0.717, 1.165) is 12.1 Å². The van der Waals surface area contributed by atoms with Crippen molar-refractivity contribution >= 4 is 11.7 Å². The lowest BCUT2D eigenvalue weighted by atomic mass is 9.77. The average molecular weight is 275 g/mol. The molecule has 3 nitrogen and oxygen atoms in total. The Morgan fingerprint density at radius 1 is 1.25 bits per heavy atom. The summed E-state index contributed by atoms with van der Waals surface area (Å²) in [6, 6.07) is 10.3. The summed E-state index contributed by atoms with van der Waals surface area (Å²) >= 11 is 0. The van der Waals surface area contributed by atoms with Crippen LogP contribution in [0.15, 0.2) is 30.3 Å². The number of carboxylic acid groups (broad SMARTS) is 1. The van der Waals surface area contributed by atoms with Crippen molar-refractivity contribution in [2.24, 2.45) is 11.8 Å². The molecule has 0 saturated heterocycles. The van der Waals surface area contributed by atoms with Gasteiger partial charge in [-0.25, -0.2) is 0 Å². The Morgan fingerprint density at radius 2 is 1.90 bits per heavy atom. The van der Waals surface area contributed by atoms with Crippen LogP contribution in [-0.4, -0.2) is 23.7 Å². The van der Waals surface area contributed by atoms with Crippen molar-refractivity contribution in [3.05, 3.63) is 30.3 Å². The van der Waals surface area contributed by atoms with Crippen molar-refractivity contribution in [3.63, 3.8) is 0 Å². The molecule has 1 fully saturated rings. The van der Waals surface area contributed by atoms with Crippen molar-refractivity contribution in [3.8, 4) is 0 Å². The maximum atomic E-state index is 11.3. The van der Waals surface area contributed by atoms with Crippen LogP contribution in [-0.2, 0) is 4.79 Å². The van der Waals surface area contributed by atoms with E-state index >= 15 is 0 Å². The fourth-order valence-electron chi connectivity index (χ4n) is 3.47. The summed E-state index contributed by atoms with van der Waals surface area (Å²) in [4.78, 5) is 13.4. The number of carbonyl (C=O) groups is 1. The van der Waals surface area contributed by atoms with Gasteiger partial charge in [0, 0.05) is 11.7 Å². The minimum atomic E-state index is -0.748. The molecule has 1 aliphatic carbocycles. The molecule has 0 heterocycles. The minimum absolute atomic E-state index is 0.0951. The number of hydrogen-bond donors (Lipinski definition) is 1. The standard InChI is InChI=1S/C17H25NO2/c1-13(2)15-10-6-7-11-16(15)18(12-17(19)20)14-8-4-3-5-9-14/h3-5,8-9,13,15-16H,6-7,10-12H2,1-2H3,(H,19,20). The summed E-state index contributed by atoms with van der Waals surface area (Å²) in [5.74, 6) is 0.436. The van der Waals surface area contributed by atoms with Crippen LogP contribution in [0.25, 0.3) is 0 Å². The predicted molar refractivity (Wildman–Crippen MR) is 82.0 cm³/mol. The number of rotatable bonds is 5. The first-order chi connectivity index (χ1) is 9.59. The van der Waals surface area contributed by atoms with Gasteiger partial charge in [0.25, 0.3) is 0 Å². The lowest BCUT2D eigenvalue weighted by Gasteiger charge is -2.42. The number of nitrogens with zero attached hydrogens (tertiary/aromatic N) is 1. The predicted octanol–water partition coefficient (Wildman–Crippen LogP) is 3.79. The molecule has 1 saturated carbocycles. The molecule has 1 aromatic rings. The fraction of sp³-hybridized carbons (Fsp3) is 0.588. The van der Waals surface area contributed by atoms with E-state index < -0.39 is 5.97 Å². The first kappa shape index (κ1) is 14.9. The molecular weight excluding hydrogens is 250 g/mol. The molecule has 0 bridgehead atoms. The molecule has 1 aromatic carbocycles. The Morgan fingerprint density at radius 3 is 2.50 bits per heavy atom. The van der Waals surface area contributed by atoms with Gasteiger partial charge in [0.15, 0.2) is 0 Å². The summed E-state index contributed by atoms with van der Waals surface area (Å²) in [6.07, 6.45) is 4.79. The second-order valence-electron chi connectivity index (χ2n) is 6.12. The van der Waals surface area contributed by atoms with Crippen molar-refractivity contribution in [2.75, 3.05) is 11.4 Å². The third kappa shape index (κ3) is 3.53. The smallest absolute Gasteiger partial charge is 0.323 e. The molecule has 2 atom stereocenters. The Balaban J connectivity index is 2.27. The lowest BCUT2D eigenvalue weighted by Crippen LogP contribution is -2.46. The topological polar surface area (TPSA) is 40.5 Å². The molecule has 3 heteroatoms. The van der Waals surface area contributed by atoms with Crippen LogP contribution in [0.3, 0.4) is 0 Å². The highest BCUT2D eigenvalue weighted by atomic mass is 16.4. The van der Waals surface area contributed by atoms with Crippen LogP contribution < -0.4 is 4.90 Å². The number of carboxylic acids is 1. The number of anilines is 1. The van der Waals surface area contributed by atoms with E-state index in [1.54, 1.807) is 0 Å². The normalized spacial score (nSPS) is 22.8. The maximum absolute atomic E-state index is 11.3. The third-order valence-corrected chi connectivity index (χ3v) is 4.43. The zero-order valence-corrected chi connectivity index (χ0v) is 12.5. The first-order valence-electron chi connectivity index (χ1n) is 7.63. The highest BCUT2D eigenvalue weighted by Crippen LogP contribution is 2.35. The van der Waals surface area contributed by atoms with Gasteiger partial charge in [-0.2, -0.15) is 0 Å². The van der Waals surface area contributed by atoms with E-state index in [0.29, 0.717) is 17.9 Å². The molecule has 0 aliphatic heterocycles. The van der Waals surface area contributed by atoms with Crippen LogP contribution in [0.1, 0.15) is 39.5 Å². The summed E-state index contributed by atoms with van der Waals surface area (Å²) in [5, 5.41) is 9.26. The van der Waals surface area contributed by atoms with Crippen LogP contribution >= 0.6 is 0 Å². The molecule has 0 radical (unpaired) electrons. The third-order valence-electron chi connectivity index (χ3n) is 4.43. The zero-order valence-electron chi connectivity index (χ0n) is 12.5. The fourth-order valence-corrected chi connectivity index (χ4v) is 3.47. The van der Waals surface area contributed by atoms with Gasteiger partial charge in [0.05, 0.1) is 0 Å². The molecule has 0 amide bonds. The number of aliphatic carboxylic acids is 1. The second-order valence-corrected chi connectivity index (χ2v) is 6.12. The van der Waals surface area contributed by atoms with E-state index in [1.165, 1.54) is 19.3 Å². The van der Waals surface area contributed by atoms with Crippen molar-refractivity contribution < 1.29 is 9.90 Å². The highest BCUT2D eigenvalue weighted by molar-refractivity contribution is 5.74. The Hall–Kier alpha value is -1.51. The van der Waals surface area contributed by atoms with Crippen molar-refractivity contribution in [1.29, 1.82) is 0 Å². The number of para-hydroxylation sites is 1. The molecular formula is C17H25NO2. The van der Waals surface area contributed by atoms with Crippen LogP contribution in [0.4, 0.5) is 5.69 Å². The van der Waals surface area contributed by atoms with Crippen LogP contribution in [0.2, 0.25) is 0 Å². The highest BCUT2D eigenvalue weighted by Gasteiger charge is 2.33. The number of benzene rings is 1. The Kier molecular flexibility index (Phi) is 5.05.